The van der Waals surface area contributed by atoms with Crippen molar-refractivity contribution in [3.8, 4) is 5.75 Å². The molecule has 0 saturated heterocycles. The van der Waals surface area contributed by atoms with Crippen LogP contribution in [0.1, 0.15) is 28.7 Å². The highest BCUT2D eigenvalue weighted by atomic mass is 35.5. The van der Waals surface area contributed by atoms with Gasteiger partial charge in [-0.05, 0) is 61.1 Å². The van der Waals surface area contributed by atoms with Crippen LogP contribution in [0.2, 0.25) is 5.02 Å². The number of ether oxygens (including phenoxy) is 2. The van der Waals surface area contributed by atoms with E-state index in [1.807, 2.05) is 18.2 Å². The highest BCUT2D eigenvalue weighted by Crippen LogP contribution is 2.28. The van der Waals surface area contributed by atoms with Crippen molar-refractivity contribution in [2.75, 3.05) is 6.61 Å². The van der Waals surface area contributed by atoms with E-state index in [1.54, 1.807) is 19.1 Å². The zero-order valence-electron chi connectivity index (χ0n) is 14.4. The fourth-order valence-corrected chi connectivity index (χ4v) is 3.32. The third-order valence-corrected chi connectivity index (χ3v) is 4.92. The molecule has 1 aliphatic carbocycles. The summed E-state index contributed by atoms with van der Waals surface area (Å²) in [5.41, 5.74) is 3.16. The second-order valence-electron chi connectivity index (χ2n) is 6.45. The molecule has 1 aliphatic rings. The van der Waals surface area contributed by atoms with Crippen molar-refractivity contribution >= 4 is 17.6 Å². The van der Waals surface area contributed by atoms with E-state index < -0.39 is 5.97 Å². The summed E-state index contributed by atoms with van der Waals surface area (Å²) in [6.07, 6.45) is 2.16. The fraction of sp³-hybridized carbons (Fsp3) is 0.350. The summed E-state index contributed by atoms with van der Waals surface area (Å²) in [6, 6.07) is 9.05. The minimum absolute atomic E-state index is 0.0650. The van der Waals surface area contributed by atoms with Gasteiger partial charge in [-0.2, -0.15) is 0 Å². The van der Waals surface area contributed by atoms with Crippen LogP contribution in [0.15, 0.2) is 30.3 Å². The predicted octanol–water partition coefficient (Wildman–Crippen LogP) is 4.33. The Balaban J connectivity index is 1.66. The molecule has 0 bridgehead atoms. The normalized spacial score (nSPS) is 16.2. The molecule has 0 aliphatic heterocycles. The quantitative estimate of drug-likeness (QED) is 0.813. The van der Waals surface area contributed by atoms with E-state index in [2.05, 4.69) is 0 Å². The van der Waals surface area contributed by atoms with Gasteiger partial charge in [0.25, 0.3) is 0 Å². The second-order valence-corrected chi connectivity index (χ2v) is 6.85. The van der Waals surface area contributed by atoms with Gasteiger partial charge in [0.1, 0.15) is 24.8 Å². The standard InChI is InChI=1S/C20H20ClFO4/c1-12-2-7-18(21)17(20(12)22)10-25-15-5-3-14-9-16(26-11-19(23)24)6-4-13(14)8-15/h2-3,5,7-8,16H,4,6,9-11H2,1H3,(H,23,24). The molecule has 4 nitrogen and oxygen atoms in total. The maximum Gasteiger partial charge on any atom is 0.329 e. The Hall–Kier alpha value is -2.11. The number of rotatable bonds is 6. The van der Waals surface area contributed by atoms with Crippen molar-refractivity contribution in [3.63, 3.8) is 0 Å². The molecular weight excluding hydrogens is 359 g/mol. The first-order chi connectivity index (χ1) is 12.4. The predicted molar refractivity (Wildman–Crippen MR) is 96.3 cm³/mol. The summed E-state index contributed by atoms with van der Waals surface area (Å²) >= 11 is 6.08. The molecule has 0 heterocycles. The van der Waals surface area contributed by atoms with Crippen LogP contribution in [0.5, 0.6) is 5.75 Å². The van der Waals surface area contributed by atoms with Crippen molar-refractivity contribution < 1.29 is 23.8 Å². The number of benzene rings is 2. The van der Waals surface area contributed by atoms with Gasteiger partial charge >= 0.3 is 5.97 Å². The van der Waals surface area contributed by atoms with Gasteiger partial charge in [0.2, 0.25) is 0 Å². The monoisotopic (exact) mass is 378 g/mol. The minimum atomic E-state index is -0.957. The van der Waals surface area contributed by atoms with E-state index >= 15 is 0 Å². The van der Waals surface area contributed by atoms with Gasteiger partial charge in [-0.1, -0.05) is 23.7 Å². The number of carbonyl (C=O) groups is 1. The van der Waals surface area contributed by atoms with Gasteiger partial charge in [-0.15, -0.1) is 0 Å². The van der Waals surface area contributed by atoms with Crippen LogP contribution in [-0.4, -0.2) is 23.8 Å². The molecule has 0 spiro atoms. The SMILES string of the molecule is Cc1ccc(Cl)c(COc2ccc3c(c2)CCC(OCC(=O)O)C3)c1F. The maximum absolute atomic E-state index is 14.2. The lowest BCUT2D eigenvalue weighted by atomic mass is 9.89. The first-order valence-corrected chi connectivity index (χ1v) is 8.83. The summed E-state index contributed by atoms with van der Waals surface area (Å²) in [5, 5.41) is 9.06. The fourth-order valence-electron chi connectivity index (χ4n) is 3.12. The Morgan fingerprint density at radius 3 is 2.88 bits per heavy atom. The molecule has 0 aromatic heterocycles. The molecule has 1 unspecified atom stereocenters. The zero-order valence-corrected chi connectivity index (χ0v) is 15.2. The number of carboxylic acids is 1. The van der Waals surface area contributed by atoms with E-state index in [1.165, 1.54) is 0 Å². The zero-order chi connectivity index (χ0) is 18.7. The summed E-state index contributed by atoms with van der Waals surface area (Å²) in [6.45, 7) is 1.48. The third-order valence-electron chi connectivity index (χ3n) is 4.57. The number of aryl methyl sites for hydroxylation is 2. The lowest BCUT2D eigenvalue weighted by Gasteiger charge is -2.24. The van der Waals surface area contributed by atoms with Gasteiger partial charge in [0, 0.05) is 5.56 Å². The molecule has 6 heteroatoms. The second kappa shape index (κ2) is 8.06. The summed E-state index contributed by atoms with van der Waals surface area (Å²) in [7, 11) is 0. The molecular formula is C20H20ClFO4. The Labute approximate surface area is 156 Å². The van der Waals surface area contributed by atoms with Gasteiger partial charge < -0.3 is 14.6 Å². The first kappa shape index (κ1) is 18.7. The van der Waals surface area contributed by atoms with Gasteiger partial charge in [0.15, 0.2) is 0 Å². The van der Waals surface area contributed by atoms with Crippen molar-refractivity contribution in [2.24, 2.45) is 0 Å². The van der Waals surface area contributed by atoms with E-state index in [0.29, 0.717) is 28.3 Å². The van der Waals surface area contributed by atoms with Crippen molar-refractivity contribution in [1.82, 2.24) is 0 Å². The topological polar surface area (TPSA) is 55.8 Å². The van der Waals surface area contributed by atoms with Crippen LogP contribution in [0.3, 0.4) is 0 Å². The van der Waals surface area contributed by atoms with E-state index in [4.69, 9.17) is 26.2 Å². The molecule has 138 valence electrons. The Kier molecular flexibility index (Phi) is 5.79. The number of carboxylic acid groups (broad SMARTS) is 1. The van der Waals surface area contributed by atoms with E-state index in [0.717, 1.165) is 24.0 Å². The molecule has 2 aromatic carbocycles. The lowest BCUT2D eigenvalue weighted by molar-refractivity contribution is -0.144. The van der Waals surface area contributed by atoms with E-state index in [9.17, 15) is 9.18 Å². The summed E-state index contributed by atoms with van der Waals surface area (Å²) in [4.78, 5) is 10.6. The van der Waals surface area contributed by atoms with Crippen LogP contribution in [0.4, 0.5) is 4.39 Å². The Bertz CT molecular complexity index is 822. The molecule has 2 aromatic rings. The number of hydrogen-bond acceptors (Lipinski definition) is 3. The molecule has 0 radical (unpaired) electrons. The van der Waals surface area contributed by atoms with E-state index in [-0.39, 0.29) is 25.1 Å². The highest BCUT2D eigenvalue weighted by molar-refractivity contribution is 6.31. The number of halogens is 2. The average molecular weight is 379 g/mol. The minimum Gasteiger partial charge on any atom is -0.489 e. The smallest absolute Gasteiger partial charge is 0.329 e. The number of fused-ring (bicyclic) bond motifs is 1. The summed E-state index contributed by atoms with van der Waals surface area (Å²) in [5.74, 6) is -0.638. The van der Waals surface area contributed by atoms with Crippen LogP contribution in [0, 0.1) is 12.7 Å². The number of aliphatic carboxylic acids is 1. The summed E-state index contributed by atoms with van der Waals surface area (Å²) < 4.78 is 25.3. The molecule has 26 heavy (non-hydrogen) atoms. The first-order valence-electron chi connectivity index (χ1n) is 8.45. The maximum atomic E-state index is 14.2. The Morgan fingerprint density at radius 2 is 2.12 bits per heavy atom. The van der Waals surface area contributed by atoms with Crippen LogP contribution in [0.25, 0.3) is 0 Å². The van der Waals surface area contributed by atoms with Crippen LogP contribution in [-0.2, 0) is 29.0 Å². The van der Waals surface area contributed by atoms with Gasteiger partial charge in [-0.3, -0.25) is 0 Å². The molecule has 1 atom stereocenters. The average Bonchev–Trinajstić information content (AvgIpc) is 2.63. The van der Waals surface area contributed by atoms with Crippen molar-refractivity contribution in [2.45, 2.75) is 38.9 Å². The van der Waals surface area contributed by atoms with Gasteiger partial charge in [0.05, 0.1) is 11.1 Å². The lowest BCUT2D eigenvalue weighted by Crippen LogP contribution is -2.25. The van der Waals surface area contributed by atoms with Crippen molar-refractivity contribution in [3.05, 3.63) is 63.4 Å². The molecule has 0 amide bonds. The van der Waals surface area contributed by atoms with Crippen LogP contribution >= 0.6 is 11.6 Å². The largest absolute Gasteiger partial charge is 0.489 e. The van der Waals surface area contributed by atoms with Crippen molar-refractivity contribution in [1.29, 1.82) is 0 Å². The molecule has 1 N–H and O–H groups in total. The third kappa shape index (κ3) is 4.34. The van der Waals surface area contributed by atoms with Gasteiger partial charge in [-0.25, -0.2) is 9.18 Å². The van der Waals surface area contributed by atoms with Crippen LogP contribution < -0.4 is 4.74 Å². The number of hydrogen-bond donors (Lipinski definition) is 1. The highest BCUT2D eigenvalue weighted by Gasteiger charge is 2.20. The molecule has 0 saturated carbocycles. The molecule has 3 rings (SSSR count). The molecule has 0 fully saturated rings. The Morgan fingerprint density at radius 1 is 1.31 bits per heavy atom.